The quantitative estimate of drug-likeness (QED) is 0.455. The zero-order chi connectivity index (χ0) is 22.4. The Morgan fingerprint density at radius 3 is 2.74 bits per heavy atom. The Bertz CT molecular complexity index is 961. The number of hydrogen-bond donors (Lipinski definition) is 2. The monoisotopic (exact) mass is 420 g/mol. The predicted molar refractivity (Wildman–Crippen MR) is 127 cm³/mol. The number of hydrogen-bond acceptors (Lipinski definition) is 4. The molecule has 0 aliphatic heterocycles. The first kappa shape index (κ1) is 22.5. The zero-order valence-corrected chi connectivity index (χ0v) is 18.6. The van der Waals surface area contributed by atoms with Gasteiger partial charge < -0.3 is 20.2 Å². The molecule has 0 fully saturated rings. The van der Waals surface area contributed by atoms with Crippen molar-refractivity contribution < 1.29 is 9.59 Å². The van der Waals surface area contributed by atoms with E-state index >= 15 is 0 Å². The Balaban J connectivity index is 2.01. The van der Waals surface area contributed by atoms with Crippen LogP contribution in [0, 0.1) is 5.92 Å². The Hall–Kier alpha value is -3.15. The van der Waals surface area contributed by atoms with Crippen LogP contribution in [-0.4, -0.2) is 48.4 Å². The van der Waals surface area contributed by atoms with Gasteiger partial charge in [0.2, 0.25) is 5.91 Å². The minimum atomic E-state index is -0.327. The highest BCUT2D eigenvalue weighted by Crippen LogP contribution is 2.39. The fourth-order valence-corrected chi connectivity index (χ4v) is 4.23. The van der Waals surface area contributed by atoms with Crippen LogP contribution < -0.4 is 5.32 Å². The molecule has 1 amide bonds. The zero-order valence-electron chi connectivity index (χ0n) is 18.6. The summed E-state index contributed by atoms with van der Waals surface area (Å²) in [4.78, 5) is 35.4. The highest BCUT2D eigenvalue weighted by Gasteiger charge is 2.36. The Kier molecular flexibility index (Phi) is 7.45. The average molecular weight is 421 g/mol. The molecule has 31 heavy (non-hydrogen) atoms. The topological polar surface area (TPSA) is 77.6 Å². The van der Waals surface area contributed by atoms with Crippen molar-refractivity contribution in [3.63, 3.8) is 0 Å². The summed E-state index contributed by atoms with van der Waals surface area (Å²) < 4.78 is 0. The number of carbonyl (C=O) groups excluding carboxylic acids is 2. The van der Waals surface area contributed by atoms with Crippen LogP contribution in [0.5, 0.6) is 0 Å². The van der Waals surface area contributed by atoms with Crippen LogP contribution in [0.3, 0.4) is 0 Å². The predicted octanol–water partition coefficient (Wildman–Crippen LogP) is 4.73. The number of nitrogens with zero attached hydrogens (tertiary/aromatic N) is 2. The van der Waals surface area contributed by atoms with E-state index in [1.54, 1.807) is 11.9 Å². The molecule has 2 aromatic rings. The van der Waals surface area contributed by atoms with Crippen molar-refractivity contribution in [3.8, 4) is 0 Å². The lowest BCUT2D eigenvalue weighted by atomic mass is 9.85. The summed E-state index contributed by atoms with van der Waals surface area (Å²) in [5.41, 5.74) is 4.10. The molecule has 1 aliphatic carbocycles. The molecule has 2 unspecified atom stereocenters. The van der Waals surface area contributed by atoms with E-state index in [0.717, 1.165) is 29.2 Å². The van der Waals surface area contributed by atoms with Gasteiger partial charge >= 0.3 is 0 Å². The third kappa shape index (κ3) is 4.95. The minimum absolute atomic E-state index is 0.00241. The maximum atomic E-state index is 13.2. The van der Waals surface area contributed by atoms with Gasteiger partial charge in [-0.2, -0.15) is 0 Å². The normalized spacial score (nSPS) is 16.7. The first-order valence-electron chi connectivity index (χ1n) is 10.9. The number of ketones is 1. The molecule has 0 bridgehead atoms. The average Bonchev–Trinajstić information content (AvgIpc) is 3.13. The van der Waals surface area contributed by atoms with Crippen LogP contribution in [0.1, 0.15) is 53.8 Å². The van der Waals surface area contributed by atoms with Gasteiger partial charge in [0, 0.05) is 56.5 Å². The van der Waals surface area contributed by atoms with Crippen molar-refractivity contribution in [2.75, 3.05) is 26.0 Å². The number of benzene rings is 1. The molecule has 164 valence electrons. The molecule has 0 radical (unpaired) electrons. The summed E-state index contributed by atoms with van der Waals surface area (Å²) in [5, 5.41) is 3.45. The molecular weight excluding hydrogens is 388 g/mol. The van der Waals surface area contributed by atoms with Gasteiger partial charge in [-0.25, -0.2) is 0 Å². The minimum Gasteiger partial charge on any atom is -0.359 e. The first-order valence-corrected chi connectivity index (χ1v) is 10.9. The van der Waals surface area contributed by atoms with Gasteiger partial charge in [0.25, 0.3) is 0 Å². The van der Waals surface area contributed by atoms with Crippen molar-refractivity contribution in [1.29, 1.82) is 0 Å². The van der Waals surface area contributed by atoms with Gasteiger partial charge in [-0.15, -0.1) is 6.58 Å². The number of H-pyrrole nitrogens is 1. The fourth-order valence-electron chi connectivity index (χ4n) is 4.23. The Labute approximate surface area is 184 Å². The molecule has 1 aliphatic rings. The lowest BCUT2D eigenvalue weighted by Crippen LogP contribution is -2.37. The molecule has 6 nitrogen and oxygen atoms in total. The highest BCUT2D eigenvalue weighted by atomic mass is 16.2. The summed E-state index contributed by atoms with van der Waals surface area (Å²) in [5.74, 6) is -0.317. The lowest BCUT2D eigenvalue weighted by Gasteiger charge is -2.26. The van der Waals surface area contributed by atoms with Crippen LogP contribution in [0.4, 0.5) is 11.4 Å². The number of aromatic amines is 1. The van der Waals surface area contributed by atoms with Gasteiger partial charge in [0.05, 0.1) is 17.2 Å². The number of aromatic nitrogens is 1. The Morgan fingerprint density at radius 2 is 2.10 bits per heavy atom. The number of allylic oxidation sites excluding steroid dienone is 1. The van der Waals surface area contributed by atoms with Crippen LogP contribution in [-0.2, 0) is 11.2 Å². The summed E-state index contributed by atoms with van der Waals surface area (Å²) in [7, 11) is 3.56. The van der Waals surface area contributed by atoms with Gasteiger partial charge in [-0.05, 0) is 31.2 Å². The summed E-state index contributed by atoms with van der Waals surface area (Å²) in [6.07, 6.45) is 6.06. The molecule has 1 aromatic heterocycles. The number of nitrogens with one attached hydrogen (secondary N) is 2. The number of carbonyl (C=O) groups is 2. The van der Waals surface area contributed by atoms with E-state index in [9.17, 15) is 9.59 Å². The van der Waals surface area contributed by atoms with Gasteiger partial charge in [0.15, 0.2) is 5.78 Å². The maximum Gasteiger partial charge on any atom is 0.226 e. The standard InChI is InChI=1S/C25H32N4O2/c1-5-14-29(4)25(31)18-15-20-22(21(30)16-18)24(27-19-10-8-7-9-11-19)23(28-20)17(6-2)12-13-26-3/h6-11,13,17-18,27-28H,2,5,12,14-16H2,1,3-4H3/b26-13-. The number of para-hydroxylation sites is 1. The molecular formula is C25H32N4O2. The van der Waals surface area contributed by atoms with Crippen molar-refractivity contribution in [2.45, 2.75) is 38.5 Å². The second-order valence-corrected chi connectivity index (χ2v) is 8.07. The van der Waals surface area contributed by atoms with Crippen LogP contribution >= 0.6 is 0 Å². The van der Waals surface area contributed by atoms with E-state index in [1.807, 2.05) is 56.6 Å². The fraction of sp³-hybridized carbons (Fsp3) is 0.400. The number of rotatable bonds is 9. The summed E-state index contributed by atoms with van der Waals surface area (Å²) >= 11 is 0. The highest BCUT2D eigenvalue weighted by molar-refractivity contribution is 6.07. The van der Waals surface area contributed by atoms with E-state index in [2.05, 4.69) is 21.9 Å². The molecule has 0 saturated carbocycles. The van der Waals surface area contributed by atoms with E-state index < -0.39 is 0 Å². The third-order valence-electron chi connectivity index (χ3n) is 5.79. The van der Waals surface area contributed by atoms with Gasteiger partial charge in [-0.3, -0.25) is 9.59 Å². The smallest absolute Gasteiger partial charge is 0.226 e. The molecule has 0 saturated heterocycles. The molecule has 1 aromatic carbocycles. The summed E-state index contributed by atoms with van der Waals surface area (Å²) in [6.45, 7) is 6.74. The molecule has 2 atom stereocenters. The van der Waals surface area contributed by atoms with Crippen LogP contribution in [0.2, 0.25) is 0 Å². The van der Waals surface area contributed by atoms with E-state index in [-0.39, 0.29) is 29.9 Å². The maximum absolute atomic E-state index is 13.2. The number of amides is 1. The number of Topliss-reactive ketones (excluding diaryl/α,β-unsaturated/α-hetero) is 1. The number of anilines is 2. The lowest BCUT2D eigenvalue weighted by molar-refractivity contribution is -0.134. The third-order valence-corrected chi connectivity index (χ3v) is 5.79. The van der Waals surface area contributed by atoms with Crippen molar-refractivity contribution in [2.24, 2.45) is 10.9 Å². The van der Waals surface area contributed by atoms with E-state index in [4.69, 9.17) is 0 Å². The second-order valence-electron chi connectivity index (χ2n) is 8.07. The molecule has 0 spiro atoms. The van der Waals surface area contributed by atoms with Crippen LogP contribution in [0.15, 0.2) is 48.0 Å². The number of fused-ring (bicyclic) bond motifs is 1. The molecule has 3 rings (SSSR count). The van der Waals surface area contributed by atoms with Gasteiger partial charge in [-0.1, -0.05) is 31.2 Å². The molecule has 6 heteroatoms. The van der Waals surface area contributed by atoms with Crippen molar-refractivity contribution >= 4 is 29.3 Å². The van der Waals surface area contributed by atoms with E-state index in [0.29, 0.717) is 24.9 Å². The second kappa shape index (κ2) is 10.2. The van der Waals surface area contributed by atoms with Crippen molar-refractivity contribution in [3.05, 3.63) is 59.9 Å². The SMILES string of the molecule is C=CC(C/C=N\C)c1[nH]c2c(c1Nc1ccccc1)C(=O)CC(C(=O)N(C)CCC)C2. The first-order chi connectivity index (χ1) is 15.0. The van der Waals surface area contributed by atoms with Gasteiger partial charge in [0.1, 0.15) is 0 Å². The van der Waals surface area contributed by atoms with Crippen LogP contribution in [0.25, 0.3) is 0 Å². The Morgan fingerprint density at radius 1 is 1.35 bits per heavy atom. The van der Waals surface area contributed by atoms with E-state index in [1.165, 1.54) is 0 Å². The molecule has 1 heterocycles. The summed E-state index contributed by atoms with van der Waals surface area (Å²) in [6, 6.07) is 9.81. The number of aliphatic imine (C=N–C) groups is 1. The largest absolute Gasteiger partial charge is 0.359 e. The van der Waals surface area contributed by atoms with Crippen molar-refractivity contribution in [1.82, 2.24) is 9.88 Å². The molecule has 2 N–H and O–H groups in total.